The third kappa shape index (κ3) is 5.19. The Hall–Kier alpha value is -3.76. The van der Waals surface area contributed by atoms with Crippen LogP contribution in [0.3, 0.4) is 0 Å². The van der Waals surface area contributed by atoms with Gasteiger partial charge in [0.1, 0.15) is 5.82 Å². The number of amides is 3. The smallest absolute Gasteiger partial charge is 0.418 e. The van der Waals surface area contributed by atoms with E-state index in [4.69, 9.17) is 4.42 Å². The quantitative estimate of drug-likeness (QED) is 0.566. The van der Waals surface area contributed by atoms with Crippen molar-refractivity contribution in [2.45, 2.75) is 12.6 Å². The number of aryl methyl sites for hydroxylation is 1. The molecule has 3 rings (SSSR count). The van der Waals surface area contributed by atoms with Gasteiger partial charge in [-0.15, -0.1) is 0 Å². The molecule has 0 unspecified atom stereocenters. The van der Waals surface area contributed by atoms with Crippen LogP contribution in [0.5, 0.6) is 0 Å². The summed E-state index contributed by atoms with van der Waals surface area (Å²) in [7, 11) is 1.80. The number of anilines is 2. The van der Waals surface area contributed by atoms with E-state index in [2.05, 4.69) is 20.9 Å². The molecule has 2 heterocycles. The highest BCUT2D eigenvalue weighted by atomic mass is 19.4. The third-order valence-electron chi connectivity index (χ3n) is 4.13. The van der Waals surface area contributed by atoms with Crippen LogP contribution in [-0.2, 0) is 19.6 Å². The van der Waals surface area contributed by atoms with Gasteiger partial charge in [-0.05, 0) is 30.3 Å². The molecule has 0 saturated carbocycles. The fourth-order valence-electron chi connectivity index (χ4n) is 2.66. The molecule has 3 N–H and O–H groups in total. The zero-order chi connectivity index (χ0) is 21.7. The number of nitrogens with zero attached hydrogens (tertiary/aromatic N) is 2. The van der Waals surface area contributed by atoms with E-state index in [9.17, 15) is 22.8 Å². The maximum absolute atomic E-state index is 13.5. The fraction of sp³-hybridized carbons (Fsp3) is 0.211. The summed E-state index contributed by atoms with van der Waals surface area (Å²) in [5.74, 6) is -0.0124. The van der Waals surface area contributed by atoms with Crippen LogP contribution in [0.15, 0.2) is 53.4 Å². The zero-order valence-corrected chi connectivity index (χ0v) is 15.8. The summed E-state index contributed by atoms with van der Waals surface area (Å²) >= 11 is 0. The van der Waals surface area contributed by atoms with Gasteiger partial charge in [-0.1, -0.05) is 0 Å². The number of nitrogens with one attached hydrogen (secondary N) is 3. The Kier molecular flexibility index (Phi) is 6.09. The molecular weight excluding hydrogens is 403 g/mol. The number of benzene rings is 1. The van der Waals surface area contributed by atoms with Crippen LogP contribution in [0.25, 0.3) is 0 Å². The second-order valence-corrected chi connectivity index (χ2v) is 6.27. The van der Waals surface area contributed by atoms with E-state index in [0.717, 1.165) is 18.0 Å². The Balaban J connectivity index is 1.66. The minimum absolute atomic E-state index is 0.0437. The molecule has 0 fully saturated rings. The van der Waals surface area contributed by atoms with Gasteiger partial charge in [-0.3, -0.25) is 4.79 Å². The maximum atomic E-state index is 13.5. The first kappa shape index (κ1) is 21.0. The van der Waals surface area contributed by atoms with Crippen molar-refractivity contribution in [3.8, 4) is 0 Å². The number of carbonyl (C=O) groups excluding carboxylic acids is 2. The highest BCUT2D eigenvalue weighted by molar-refractivity contribution is 6.02. The number of hydrogen-bond acceptors (Lipinski definition) is 4. The summed E-state index contributed by atoms with van der Waals surface area (Å²) in [6.07, 6.45) is 0.297. The Bertz CT molecular complexity index is 1030. The molecule has 30 heavy (non-hydrogen) atoms. The predicted octanol–water partition coefficient (Wildman–Crippen LogP) is 3.65. The lowest BCUT2D eigenvalue weighted by atomic mass is 10.1. The first-order valence-electron chi connectivity index (χ1n) is 8.81. The zero-order valence-electron chi connectivity index (χ0n) is 15.8. The number of furan rings is 1. The van der Waals surface area contributed by atoms with Crippen molar-refractivity contribution >= 4 is 23.3 Å². The molecule has 1 aromatic carbocycles. The van der Waals surface area contributed by atoms with Crippen molar-refractivity contribution in [2.24, 2.45) is 7.05 Å². The average molecular weight is 421 g/mol. The molecule has 0 saturated heterocycles. The van der Waals surface area contributed by atoms with Crippen LogP contribution in [0.4, 0.5) is 29.3 Å². The highest BCUT2D eigenvalue weighted by Crippen LogP contribution is 2.36. The molecule has 11 heteroatoms. The van der Waals surface area contributed by atoms with Gasteiger partial charge in [0, 0.05) is 38.1 Å². The van der Waals surface area contributed by atoms with Crippen molar-refractivity contribution in [2.75, 3.05) is 17.2 Å². The van der Waals surface area contributed by atoms with E-state index >= 15 is 0 Å². The Morgan fingerprint density at radius 2 is 2.00 bits per heavy atom. The van der Waals surface area contributed by atoms with Gasteiger partial charge in [0.2, 0.25) is 0 Å². The summed E-state index contributed by atoms with van der Waals surface area (Å²) in [5, 5.41) is 7.00. The summed E-state index contributed by atoms with van der Waals surface area (Å²) in [6, 6.07) is 5.13. The molecule has 8 nitrogen and oxygen atoms in total. The molecule has 3 amide bonds. The van der Waals surface area contributed by atoms with Gasteiger partial charge in [0.15, 0.2) is 5.76 Å². The number of urea groups is 1. The second-order valence-electron chi connectivity index (χ2n) is 6.27. The summed E-state index contributed by atoms with van der Waals surface area (Å²) in [6.45, 7) is 0.190. The monoisotopic (exact) mass is 421 g/mol. The second kappa shape index (κ2) is 8.72. The minimum Gasteiger partial charge on any atom is -0.459 e. The van der Waals surface area contributed by atoms with Crippen LogP contribution in [0, 0.1) is 0 Å². The van der Waals surface area contributed by atoms with Gasteiger partial charge in [0.25, 0.3) is 5.91 Å². The largest absolute Gasteiger partial charge is 0.459 e. The number of alkyl halides is 3. The van der Waals surface area contributed by atoms with Gasteiger partial charge in [-0.2, -0.15) is 13.2 Å². The van der Waals surface area contributed by atoms with Crippen LogP contribution in [0.2, 0.25) is 0 Å². The minimum atomic E-state index is -4.75. The Morgan fingerprint density at radius 3 is 2.63 bits per heavy atom. The molecule has 0 aliphatic carbocycles. The molecule has 0 aliphatic rings. The highest BCUT2D eigenvalue weighted by Gasteiger charge is 2.34. The number of imidazole rings is 1. The van der Waals surface area contributed by atoms with Gasteiger partial charge >= 0.3 is 12.2 Å². The van der Waals surface area contributed by atoms with E-state index in [-0.39, 0.29) is 18.0 Å². The lowest BCUT2D eigenvalue weighted by molar-refractivity contribution is -0.136. The molecule has 0 atom stereocenters. The molecule has 0 aliphatic heterocycles. The number of halogens is 3. The Labute approximate surface area is 169 Å². The number of hydrogen-bond donors (Lipinski definition) is 3. The summed E-state index contributed by atoms with van der Waals surface area (Å²) < 4.78 is 47.1. The average Bonchev–Trinajstić information content (AvgIpc) is 3.34. The Morgan fingerprint density at radius 1 is 1.20 bits per heavy atom. The van der Waals surface area contributed by atoms with E-state index in [0.29, 0.717) is 6.42 Å². The van der Waals surface area contributed by atoms with Crippen LogP contribution in [-0.4, -0.2) is 28.0 Å². The van der Waals surface area contributed by atoms with E-state index < -0.39 is 29.4 Å². The van der Waals surface area contributed by atoms with E-state index in [1.807, 2.05) is 0 Å². The summed E-state index contributed by atoms with van der Waals surface area (Å²) in [5.41, 5.74) is -1.63. The maximum Gasteiger partial charge on any atom is 0.418 e. The molecule has 0 radical (unpaired) electrons. The molecule has 0 bridgehead atoms. The van der Waals surface area contributed by atoms with Crippen LogP contribution in [0.1, 0.15) is 21.9 Å². The molecule has 2 aromatic heterocycles. The molecule has 0 spiro atoms. The molecule has 3 aromatic rings. The van der Waals surface area contributed by atoms with Crippen LogP contribution >= 0.6 is 0 Å². The SMILES string of the molecule is Cn1ccnc1CCNC(=O)Nc1ccc(NC(=O)c2ccco2)cc1C(F)(F)F. The first-order chi connectivity index (χ1) is 14.2. The van der Waals surface area contributed by atoms with Crippen molar-refractivity contribution in [1.29, 1.82) is 0 Å². The topological polar surface area (TPSA) is 101 Å². The van der Waals surface area contributed by atoms with Crippen LogP contribution < -0.4 is 16.0 Å². The van der Waals surface area contributed by atoms with Crippen molar-refractivity contribution in [3.05, 3.63) is 66.1 Å². The van der Waals surface area contributed by atoms with Crippen molar-refractivity contribution < 1.29 is 27.2 Å². The predicted molar refractivity (Wildman–Crippen MR) is 102 cm³/mol. The summed E-state index contributed by atoms with van der Waals surface area (Å²) in [4.78, 5) is 28.1. The third-order valence-corrected chi connectivity index (χ3v) is 4.13. The van der Waals surface area contributed by atoms with Gasteiger partial charge in [-0.25, -0.2) is 9.78 Å². The first-order valence-corrected chi connectivity index (χ1v) is 8.81. The standard InChI is InChI=1S/C19H18F3N5O3/c1-27-9-8-23-16(27)6-7-24-18(29)26-14-5-4-12(11-13(14)19(20,21)22)25-17(28)15-3-2-10-30-15/h2-5,8-11H,6-7H2,1H3,(H,25,28)(H2,24,26,29). The normalized spacial score (nSPS) is 11.2. The van der Waals surface area contributed by atoms with Crippen molar-refractivity contribution in [3.63, 3.8) is 0 Å². The lowest BCUT2D eigenvalue weighted by Crippen LogP contribution is -2.31. The van der Waals surface area contributed by atoms with Gasteiger partial charge < -0.3 is 24.9 Å². The number of rotatable bonds is 6. The van der Waals surface area contributed by atoms with E-state index in [1.54, 1.807) is 24.0 Å². The van der Waals surface area contributed by atoms with Crippen molar-refractivity contribution in [1.82, 2.24) is 14.9 Å². The van der Waals surface area contributed by atoms with E-state index in [1.165, 1.54) is 24.5 Å². The lowest BCUT2D eigenvalue weighted by Gasteiger charge is -2.16. The molecule has 158 valence electrons. The van der Waals surface area contributed by atoms with Gasteiger partial charge in [0.05, 0.1) is 17.5 Å². The fourth-order valence-corrected chi connectivity index (χ4v) is 2.66. The number of aromatic nitrogens is 2. The molecular formula is C19H18F3N5O3. The number of carbonyl (C=O) groups is 2.